The van der Waals surface area contributed by atoms with Gasteiger partial charge in [-0.1, -0.05) is 13.8 Å². The summed E-state index contributed by atoms with van der Waals surface area (Å²) >= 11 is -0.579. The van der Waals surface area contributed by atoms with Crippen LogP contribution in [0.5, 0.6) is 0 Å². The lowest BCUT2D eigenvalue weighted by Gasteiger charge is -2.27. The molecule has 0 amide bonds. The van der Waals surface area contributed by atoms with E-state index in [-0.39, 0.29) is 13.1 Å². The monoisotopic (exact) mass is 251 g/mol. The first-order valence-electron chi connectivity index (χ1n) is 3.97. The van der Waals surface area contributed by atoms with Gasteiger partial charge < -0.3 is 4.52 Å². The van der Waals surface area contributed by atoms with Crippen LogP contribution in [0.25, 0.3) is 0 Å². The number of halogens is 3. The summed E-state index contributed by atoms with van der Waals surface area (Å²) in [7, 11) is 1.03. The normalized spacial score (nSPS) is 17.1. The molecule has 0 aliphatic heterocycles. The largest absolute Gasteiger partial charge is 0.451 e. The smallest absolute Gasteiger partial charge is 0.313 e. The van der Waals surface area contributed by atoms with Crippen molar-refractivity contribution in [1.29, 1.82) is 0 Å². The molecule has 0 rings (SSSR count). The van der Waals surface area contributed by atoms with Crippen molar-refractivity contribution >= 4 is 18.1 Å². The second-order valence-electron chi connectivity index (χ2n) is 2.33. The summed E-state index contributed by atoms with van der Waals surface area (Å²) in [5.41, 5.74) is -4.55. The molecule has 0 spiro atoms. The Morgan fingerprint density at radius 2 is 1.79 bits per heavy atom. The molecular weight excluding hydrogens is 238 g/mol. The molecule has 1 atom stereocenters. The van der Waals surface area contributed by atoms with Gasteiger partial charge in [0.1, 0.15) is 0 Å². The summed E-state index contributed by atoms with van der Waals surface area (Å²) < 4.78 is 53.5. The van der Waals surface area contributed by atoms with Crippen LogP contribution in [0, 0.1) is 0 Å². The van der Waals surface area contributed by atoms with Crippen molar-refractivity contribution < 1.29 is 22.3 Å². The SMILES string of the molecule is CCN(CC)P(=O)(OC)SC(F)(F)F. The maximum Gasteiger partial charge on any atom is 0.451 e. The fraction of sp³-hybridized carbons (Fsp3) is 1.00. The van der Waals surface area contributed by atoms with E-state index in [9.17, 15) is 17.7 Å². The second-order valence-corrected chi connectivity index (χ2v) is 6.77. The molecule has 0 fully saturated rings. The van der Waals surface area contributed by atoms with Crippen LogP contribution in [0.1, 0.15) is 13.8 Å². The number of nitrogens with zero attached hydrogens (tertiary/aromatic N) is 1. The van der Waals surface area contributed by atoms with Crippen LogP contribution >= 0.6 is 18.1 Å². The van der Waals surface area contributed by atoms with Crippen molar-refractivity contribution in [2.24, 2.45) is 0 Å². The molecule has 1 unspecified atom stereocenters. The molecule has 0 aliphatic rings. The van der Waals surface area contributed by atoms with Gasteiger partial charge in [0.05, 0.1) is 11.4 Å². The van der Waals surface area contributed by atoms with Crippen molar-refractivity contribution in [1.82, 2.24) is 4.67 Å². The molecule has 0 bridgehead atoms. The van der Waals surface area contributed by atoms with Crippen LogP contribution in [0.4, 0.5) is 13.2 Å². The summed E-state index contributed by atoms with van der Waals surface area (Å²) in [5, 5.41) is 0. The molecule has 0 radical (unpaired) electrons. The average Bonchev–Trinajstić information content (AvgIpc) is 2.03. The van der Waals surface area contributed by atoms with E-state index < -0.39 is 23.6 Å². The van der Waals surface area contributed by atoms with Gasteiger partial charge in [-0.15, -0.1) is 0 Å². The average molecular weight is 251 g/mol. The Hall–Kier alpha value is 0.290. The van der Waals surface area contributed by atoms with Crippen molar-refractivity contribution in [2.75, 3.05) is 20.2 Å². The van der Waals surface area contributed by atoms with Gasteiger partial charge in [0.15, 0.2) is 0 Å². The second kappa shape index (κ2) is 5.39. The fourth-order valence-corrected chi connectivity index (χ4v) is 4.33. The van der Waals surface area contributed by atoms with Crippen LogP contribution < -0.4 is 0 Å². The first kappa shape index (κ1) is 14.3. The molecule has 0 aromatic carbocycles. The zero-order chi connectivity index (χ0) is 11.4. The summed E-state index contributed by atoms with van der Waals surface area (Å²) in [6, 6.07) is 0. The Labute approximate surface area is 85.2 Å². The lowest BCUT2D eigenvalue weighted by Crippen LogP contribution is -2.20. The molecule has 3 nitrogen and oxygen atoms in total. The zero-order valence-electron chi connectivity index (χ0n) is 8.17. The number of alkyl halides is 3. The predicted molar refractivity (Wildman–Crippen MR) is 51.2 cm³/mol. The van der Waals surface area contributed by atoms with Gasteiger partial charge in [0.2, 0.25) is 0 Å². The molecule has 0 saturated carbocycles. The van der Waals surface area contributed by atoms with Gasteiger partial charge >= 0.3 is 12.2 Å². The summed E-state index contributed by atoms with van der Waals surface area (Å²) in [6.07, 6.45) is 0. The fourth-order valence-electron chi connectivity index (χ4n) is 0.911. The number of hydrogen-bond donors (Lipinski definition) is 0. The van der Waals surface area contributed by atoms with Crippen molar-refractivity contribution in [3.8, 4) is 0 Å². The highest BCUT2D eigenvalue weighted by atomic mass is 32.7. The van der Waals surface area contributed by atoms with Gasteiger partial charge in [-0.25, -0.2) is 4.67 Å². The third-order valence-corrected chi connectivity index (χ3v) is 6.14. The van der Waals surface area contributed by atoms with Crippen LogP contribution in [-0.2, 0) is 9.09 Å². The molecule has 14 heavy (non-hydrogen) atoms. The van der Waals surface area contributed by atoms with Gasteiger partial charge in [-0.05, 0) is 0 Å². The Morgan fingerprint density at radius 3 is 2.00 bits per heavy atom. The Balaban J connectivity index is 4.70. The minimum atomic E-state index is -4.55. The van der Waals surface area contributed by atoms with E-state index in [0.29, 0.717) is 0 Å². The number of hydrogen-bond acceptors (Lipinski definition) is 3. The Kier molecular flexibility index (Phi) is 5.51. The first-order valence-corrected chi connectivity index (χ1v) is 6.97. The van der Waals surface area contributed by atoms with E-state index in [2.05, 4.69) is 4.52 Å². The van der Waals surface area contributed by atoms with Gasteiger partial charge in [0.25, 0.3) is 0 Å². The van der Waals surface area contributed by atoms with Crippen LogP contribution in [0.3, 0.4) is 0 Å². The Bertz CT molecular complexity index is 220. The summed E-state index contributed by atoms with van der Waals surface area (Å²) in [5.74, 6) is 0. The van der Waals surface area contributed by atoms with Crippen molar-refractivity contribution in [3.05, 3.63) is 0 Å². The van der Waals surface area contributed by atoms with E-state index in [1.807, 2.05) is 0 Å². The summed E-state index contributed by atoms with van der Waals surface area (Å²) in [4.78, 5) is 0. The van der Waals surface area contributed by atoms with Crippen molar-refractivity contribution in [3.63, 3.8) is 0 Å². The Morgan fingerprint density at radius 1 is 1.36 bits per heavy atom. The molecule has 8 heteroatoms. The van der Waals surface area contributed by atoms with Gasteiger partial charge in [-0.3, -0.25) is 4.57 Å². The van der Waals surface area contributed by atoms with Crippen LogP contribution in [0.15, 0.2) is 0 Å². The minimum Gasteiger partial charge on any atom is -0.313 e. The highest BCUT2D eigenvalue weighted by Crippen LogP contribution is 2.67. The van der Waals surface area contributed by atoms with Crippen LogP contribution in [-0.4, -0.2) is 30.4 Å². The lowest BCUT2D eigenvalue weighted by atomic mass is 10.7. The van der Waals surface area contributed by atoms with E-state index in [1.54, 1.807) is 13.8 Å². The molecule has 0 N–H and O–H groups in total. The lowest BCUT2D eigenvalue weighted by molar-refractivity contribution is -0.0316. The molecule has 0 heterocycles. The molecule has 0 aromatic heterocycles. The first-order chi connectivity index (χ1) is 6.29. The third kappa shape index (κ3) is 4.21. The van der Waals surface area contributed by atoms with Crippen molar-refractivity contribution in [2.45, 2.75) is 19.4 Å². The van der Waals surface area contributed by atoms with Crippen LogP contribution in [0.2, 0.25) is 0 Å². The predicted octanol–water partition coefficient (Wildman–Crippen LogP) is 3.34. The molecular formula is C6H13F3NO2PS. The standard InChI is InChI=1S/C6H13F3NO2PS/c1-4-10(5-2)13(11,12-3)14-6(7,8)9/h4-5H2,1-3H3. The quantitative estimate of drug-likeness (QED) is 0.701. The van der Waals surface area contributed by atoms with E-state index >= 15 is 0 Å². The third-order valence-electron chi connectivity index (χ3n) is 1.53. The van der Waals surface area contributed by atoms with E-state index in [0.717, 1.165) is 7.11 Å². The molecule has 0 aliphatic carbocycles. The molecule has 0 aromatic rings. The van der Waals surface area contributed by atoms with Gasteiger partial charge in [-0.2, -0.15) is 13.2 Å². The highest BCUT2D eigenvalue weighted by molar-refractivity contribution is 8.56. The maximum absolute atomic E-state index is 12.1. The highest BCUT2D eigenvalue weighted by Gasteiger charge is 2.43. The molecule has 0 saturated heterocycles. The molecule has 86 valence electrons. The van der Waals surface area contributed by atoms with E-state index in [4.69, 9.17) is 0 Å². The van der Waals surface area contributed by atoms with Gasteiger partial charge in [0, 0.05) is 20.2 Å². The topological polar surface area (TPSA) is 29.5 Å². The summed E-state index contributed by atoms with van der Waals surface area (Å²) in [6.45, 7) is -0.0355. The maximum atomic E-state index is 12.1. The number of rotatable bonds is 5. The van der Waals surface area contributed by atoms with E-state index in [1.165, 1.54) is 4.67 Å². The zero-order valence-corrected chi connectivity index (χ0v) is 9.88. The minimum absolute atomic E-state index is 0.255.